The summed E-state index contributed by atoms with van der Waals surface area (Å²) in [5.41, 5.74) is 1.67. The molecule has 0 unspecified atom stereocenters. The fraction of sp³-hybridized carbons (Fsp3) is 0.111. The summed E-state index contributed by atoms with van der Waals surface area (Å²) in [6, 6.07) is 10.5. The van der Waals surface area contributed by atoms with Crippen LogP contribution >= 0.6 is 12.0 Å². The van der Waals surface area contributed by atoms with Crippen molar-refractivity contribution in [1.29, 1.82) is 0 Å². The number of aryl methyl sites for hydroxylation is 2. The van der Waals surface area contributed by atoms with E-state index in [1.54, 1.807) is 25.1 Å². The molecule has 0 atom stereocenters. The first-order chi connectivity index (χ1) is 13.7. The molecule has 0 amide bonds. The van der Waals surface area contributed by atoms with E-state index in [1.165, 1.54) is 12.1 Å². The molecule has 0 heterocycles. The molecular weight excluding hydrogens is 466 g/mol. The second kappa shape index (κ2) is 12.1. The number of aromatic hydroxyl groups is 1. The number of fused-ring (bicyclic) bond motifs is 1. The van der Waals surface area contributed by atoms with E-state index >= 15 is 0 Å². The number of nitrogens with zero attached hydrogens (tertiary/aromatic N) is 2. The molecular formula is C18H14N2Na2O7S2. The van der Waals surface area contributed by atoms with Crippen molar-refractivity contribution in [1.82, 2.24) is 0 Å². The average molecular weight is 480 g/mol. The monoisotopic (exact) mass is 480 g/mol. The predicted octanol–water partition coefficient (Wildman–Crippen LogP) is -2.28. The van der Waals surface area contributed by atoms with Gasteiger partial charge in [0, 0.05) is 10.8 Å². The van der Waals surface area contributed by atoms with Crippen molar-refractivity contribution in [2.75, 3.05) is 0 Å². The van der Waals surface area contributed by atoms with Crippen LogP contribution < -0.4 is 64.4 Å². The SMILES string of the molecule is Cc1cc(C)c(N=Nc2cc(S(=O)(=O)[O-])c3ccccc3c2O)c(SOO[O-])c1.[Na+].[Na+]. The topological polar surface area (TPSA) is 144 Å². The summed E-state index contributed by atoms with van der Waals surface area (Å²) < 4.78 is 39.4. The Morgan fingerprint density at radius 3 is 2.29 bits per heavy atom. The maximum absolute atomic E-state index is 11.7. The molecule has 0 saturated carbocycles. The first-order valence-electron chi connectivity index (χ1n) is 8.09. The zero-order chi connectivity index (χ0) is 21.2. The second-order valence-electron chi connectivity index (χ2n) is 6.09. The quantitative estimate of drug-likeness (QED) is 0.104. The van der Waals surface area contributed by atoms with E-state index in [0.717, 1.165) is 11.6 Å². The first-order valence-corrected chi connectivity index (χ1v) is 10.2. The first kappa shape index (κ1) is 28.5. The standard InChI is InChI=1S/C18H16N2O7S2.2Na/c1-10-7-11(2)17(15(8-10)28-27-26-22)20-19-14-9-16(29(23,24)25)12-5-3-4-6-13(12)18(14)21;;/h3-9,21-22H,1-2H3,(H,23,24,25);;/q;2*+1/p-2. The summed E-state index contributed by atoms with van der Waals surface area (Å²) in [6.07, 6.45) is 0. The van der Waals surface area contributed by atoms with Crippen molar-refractivity contribution in [2.24, 2.45) is 10.2 Å². The van der Waals surface area contributed by atoms with Crippen molar-refractivity contribution in [2.45, 2.75) is 23.6 Å². The smallest absolute Gasteiger partial charge is 0.744 e. The summed E-state index contributed by atoms with van der Waals surface area (Å²) in [6.45, 7) is 3.58. The van der Waals surface area contributed by atoms with Crippen molar-refractivity contribution in [3.05, 3.63) is 53.6 Å². The van der Waals surface area contributed by atoms with Crippen molar-refractivity contribution < 1.29 is 91.8 Å². The van der Waals surface area contributed by atoms with Crippen LogP contribution in [0.3, 0.4) is 0 Å². The van der Waals surface area contributed by atoms with Crippen molar-refractivity contribution in [3.8, 4) is 5.75 Å². The van der Waals surface area contributed by atoms with Gasteiger partial charge in [0.15, 0.2) is 5.75 Å². The largest absolute Gasteiger partial charge is 1.00 e. The molecule has 13 heteroatoms. The van der Waals surface area contributed by atoms with Gasteiger partial charge >= 0.3 is 59.1 Å². The zero-order valence-corrected chi connectivity index (χ0v) is 22.8. The van der Waals surface area contributed by atoms with Gasteiger partial charge in [-0.1, -0.05) is 30.3 Å². The van der Waals surface area contributed by atoms with E-state index in [-0.39, 0.29) is 81.3 Å². The minimum absolute atomic E-state index is 0. The summed E-state index contributed by atoms with van der Waals surface area (Å²) in [5, 5.41) is 32.3. The van der Waals surface area contributed by atoms with Crippen LogP contribution in [0.4, 0.5) is 11.4 Å². The number of rotatable bonds is 6. The number of phenolic OH excluding ortho intramolecular Hbond substituents is 1. The van der Waals surface area contributed by atoms with E-state index in [9.17, 15) is 23.3 Å². The molecule has 3 aromatic rings. The number of hydrogen-bond donors (Lipinski definition) is 1. The van der Waals surface area contributed by atoms with Crippen LogP contribution in [0.2, 0.25) is 0 Å². The maximum atomic E-state index is 11.7. The van der Waals surface area contributed by atoms with Crippen LogP contribution in [-0.2, 0) is 19.5 Å². The third-order valence-electron chi connectivity index (χ3n) is 4.05. The van der Waals surface area contributed by atoms with Crippen molar-refractivity contribution in [3.63, 3.8) is 0 Å². The van der Waals surface area contributed by atoms with Gasteiger partial charge < -0.3 is 14.9 Å². The summed E-state index contributed by atoms with van der Waals surface area (Å²) in [4.78, 5) is -0.0998. The molecule has 0 radical (unpaired) electrons. The third kappa shape index (κ3) is 6.73. The van der Waals surface area contributed by atoms with Gasteiger partial charge in [-0.2, -0.15) is 4.33 Å². The van der Waals surface area contributed by atoms with Crippen LogP contribution in [0.15, 0.2) is 62.5 Å². The van der Waals surface area contributed by atoms with E-state index in [0.29, 0.717) is 28.2 Å². The molecule has 3 aromatic carbocycles. The van der Waals surface area contributed by atoms with Gasteiger partial charge in [-0.15, -0.1) is 10.2 Å². The second-order valence-corrected chi connectivity index (χ2v) is 8.18. The van der Waals surface area contributed by atoms with Crippen molar-refractivity contribution >= 4 is 44.3 Å². The molecule has 0 aliphatic rings. The Morgan fingerprint density at radius 1 is 1.03 bits per heavy atom. The van der Waals surface area contributed by atoms with E-state index in [4.69, 9.17) is 0 Å². The van der Waals surface area contributed by atoms with E-state index < -0.39 is 15.0 Å². The Labute approximate surface area is 227 Å². The zero-order valence-electron chi connectivity index (χ0n) is 17.1. The molecule has 0 aliphatic heterocycles. The molecule has 0 bridgehead atoms. The van der Waals surface area contributed by atoms with Gasteiger partial charge in [-0.05, 0) is 37.1 Å². The molecule has 9 nitrogen and oxygen atoms in total. The third-order valence-corrected chi connectivity index (χ3v) is 5.54. The Bertz CT molecular complexity index is 1220. The fourth-order valence-corrected chi connectivity index (χ4v) is 4.18. The Kier molecular flexibility index (Phi) is 11.1. The molecule has 0 aromatic heterocycles. The van der Waals surface area contributed by atoms with Gasteiger partial charge in [0.2, 0.25) is 0 Å². The minimum Gasteiger partial charge on any atom is -0.744 e. The number of phenols is 1. The average Bonchev–Trinajstić information content (AvgIpc) is 2.66. The van der Waals surface area contributed by atoms with Crippen LogP contribution in [0.1, 0.15) is 11.1 Å². The maximum Gasteiger partial charge on any atom is 1.00 e. The number of benzene rings is 3. The summed E-state index contributed by atoms with van der Waals surface area (Å²) in [7, 11) is -4.82. The molecule has 0 spiro atoms. The molecule has 1 N–H and O–H groups in total. The number of hydrogen-bond acceptors (Lipinski definition) is 10. The van der Waals surface area contributed by atoms with Crippen LogP contribution in [0.5, 0.6) is 5.75 Å². The van der Waals surface area contributed by atoms with E-state index in [2.05, 4.69) is 19.6 Å². The predicted molar refractivity (Wildman–Crippen MR) is 102 cm³/mol. The van der Waals surface area contributed by atoms with Crippen LogP contribution in [0.25, 0.3) is 10.8 Å². The van der Waals surface area contributed by atoms with Crippen LogP contribution in [-0.4, -0.2) is 18.1 Å². The van der Waals surface area contributed by atoms with Crippen LogP contribution in [0, 0.1) is 13.8 Å². The molecule has 31 heavy (non-hydrogen) atoms. The Morgan fingerprint density at radius 2 is 1.68 bits per heavy atom. The molecule has 0 aliphatic carbocycles. The normalized spacial score (nSPS) is 11.4. The molecule has 0 fully saturated rings. The number of azo groups is 1. The van der Waals surface area contributed by atoms with Gasteiger partial charge in [0.1, 0.15) is 21.5 Å². The Balaban J connectivity index is 0.00000240. The van der Waals surface area contributed by atoms with Gasteiger partial charge in [-0.3, -0.25) is 5.04 Å². The summed E-state index contributed by atoms with van der Waals surface area (Å²) >= 11 is 0.628. The fourth-order valence-electron chi connectivity index (χ4n) is 2.86. The molecule has 152 valence electrons. The summed E-state index contributed by atoms with van der Waals surface area (Å²) in [5.74, 6) is -0.324. The molecule has 3 rings (SSSR count). The van der Waals surface area contributed by atoms with Gasteiger partial charge in [0.25, 0.3) is 0 Å². The minimum atomic E-state index is -4.82. The van der Waals surface area contributed by atoms with Gasteiger partial charge in [-0.25, -0.2) is 8.42 Å². The van der Waals surface area contributed by atoms with Gasteiger partial charge in [0.05, 0.1) is 21.8 Å². The Hall–Kier alpha value is -0.540. The van der Waals surface area contributed by atoms with E-state index in [1.807, 2.05) is 13.0 Å². The molecule has 0 saturated heterocycles.